The Morgan fingerprint density at radius 1 is 1.00 bits per heavy atom. The third kappa shape index (κ3) is 3.98. The highest BCUT2D eigenvalue weighted by atomic mass is 19.4. The summed E-state index contributed by atoms with van der Waals surface area (Å²) in [7, 11) is 0. The fourth-order valence-corrected chi connectivity index (χ4v) is 1.66. The summed E-state index contributed by atoms with van der Waals surface area (Å²) in [5.74, 6) is 0. The van der Waals surface area contributed by atoms with Crippen LogP contribution in [0.3, 0.4) is 0 Å². The molecule has 1 heterocycles. The number of aromatic nitrogens is 1. The maximum Gasteiger partial charge on any atom is 0.416 e. The van der Waals surface area contributed by atoms with E-state index in [2.05, 4.69) is 10.3 Å². The predicted molar refractivity (Wildman–Crippen MR) is 67.9 cm³/mol. The molecule has 0 radical (unpaired) electrons. The molecule has 2 aromatic rings. The van der Waals surface area contributed by atoms with E-state index in [1.165, 1.54) is 12.1 Å². The molecule has 2 rings (SSSR count). The average molecular weight is 266 g/mol. The summed E-state index contributed by atoms with van der Waals surface area (Å²) in [6.45, 7) is 0.627. The number of hydrogen-bond acceptors (Lipinski definition) is 2. The van der Waals surface area contributed by atoms with Crippen molar-refractivity contribution in [3.63, 3.8) is 0 Å². The minimum absolute atomic E-state index is 0.627. The number of benzene rings is 1. The van der Waals surface area contributed by atoms with Gasteiger partial charge in [0.25, 0.3) is 0 Å². The SMILES string of the molecule is FC(F)(F)c1ccc(NCCc2ccccn2)cc1. The Morgan fingerprint density at radius 3 is 2.32 bits per heavy atom. The van der Waals surface area contributed by atoms with Crippen LogP contribution in [0.1, 0.15) is 11.3 Å². The number of rotatable bonds is 4. The summed E-state index contributed by atoms with van der Waals surface area (Å²) in [5, 5.41) is 3.06. The zero-order valence-electron chi connectivity index (χ0n) is 10.1. The summed E-state index contributed by atoms with van der Waals surface area (Å²) < 4.78 is 37.1. The minimum Gasteiger partial charge on any atom is -0.385 e. The van der Waals surface area contributed by atoms with Gasteiger partial charge in [0.15, 0.2) is 0 Å². The molecule has 0 saturated carbocycles. The standard InChI is InChI=1S/C14H13F3N2/c15-14(16,17)11-4-6-13(7-5-11)19-10-8-12-3-1-2-9-18-12/h1-7,9,19H,8,10H2. The number of halogens is 3. The number of anilines is 1. The minimum atomic E-state index is -4.29. The second-order valence-corrected chi connectivity index (χ2v) is 4.07. The molecular formula is C14H13F3N2. The Morgan fingerprint density at radius 2 is 1.74 bits per heavy atom. The highest BCUT2D eigenvalue weighted by Gasteiger charge is 2.29. The first-order valence-electron chi connectivity index (χ1n) is 5.87. The van der Waals surface area contributed by atoms with Crippen molar-refractivity contribution in [3.8, 4) is 0 Å². The Balaban J connectivity index is 1.87. The van der Waals surface area contributed by atoms with Gasteiger partial charge in [0, 0.05) is 30.5 Å². The van der Waals surface area contributed by atoms with Crippen LogP contribution in [0.25, 0.3) is 0 Å². The van der Waals surface area contributed by atoms with Gasteiger partial charge in [0.05, 0.1) is 5.56 Å². The normalized spacial score (nSPS) is 11.3. The molecule has 0 amide bonds. The van der Waals surface area contributed by atoms with Gasteiger partial charge in [0.2, 0.25) is 0 Å². The predicted octanol–water partition coefficient (Wildman–Crippen LogP) is 3.76. The molecule has 0 atom stereocenters. The zero-order valence-corrected chi connectivity index (χ0v) is 10.1. The Labute approximate surface area is 109 Å². The fraction of sp³-hybridized carbons (Fsp3) is 0.214. The third-order valence-electron chi connectivity index (χ3n) is 2.65. The summed E-state index contributed by atoms with van der Waals surface area (Å²) in [6.07, 6.45) is -1.85. The van der Waals surface area contributed by atoms with E-state index in [1.54, 1.807) is 6.20 Å². The van der Waals surface area contributed by atoms with Crippen molar-refractivity contribution in [1.29, 1.82) is 0 Å². The third-order valence-corrected chi connectivity index (χ3v) is 2.65. The number of pyridine rings is 1. The average Bonchev–Trinajstić information content (AvgIpc) is 2.39. The van der Waals surface area contributed by atoms with E-state index >= 15 is 0 Å². The number of alkyl halides is 3. The molecule has 5 heteroatoms. The van der Waals surface area contributed by atoms with Gasteiger partial charge in [-0.2, -0.15) is 13.2 Å². The van der Waals surface area contributed by atoms with Gasteiger partial charge in [-0.25, -0.2) is 0 Å². The number of nitrogens with one attached hydrogen (secondary N) is 1. The maximum atomic E-state index is 12.4. The van der Waals surface area contributed by atoms with Gasteiger partial charge in [-0.15, -0.1) is 0 Å². The van der Waals surface area contributed by atoms with Crippen LogP contribution in [0.15, 0.2) is 48.7 Å². The smallest absolute Gasteiger partial charge is 0.385 e. The van der Waals surface area contributed by atoms with E-state index in [1.807, 2.05) is 18.2 Å². The van der Waals surface area contributed by atoms with Crippen LogP contribution in [0.4, 0.5) is 18.9 Å². The molecule has 2 nitrogen and oxygen atoms in total. The maximum absolute atomic E-state index is 12.4. The molecule has 1 N–H and O–H groups in total. The number of nitrogens with zero attached hydrogens (tertiary/aromatic N) is 1. The Bertz CT molecular complexity index is 506. The lowest BCUT2D eigenvalue weighted by Gasteiger charge is -2.09. The molecule has 0 aliphatic heterocycles. The molecule has 19 heavy (non-hydrogen) atoms. The molecule has 0 bridgehead atoms. The van der Waals surface area contributed by atoms with Crippen molar-refractivity contribution < 1.29 is 13.2 Å². The quantitative estimate of drug-likeness (QED) is 0.911. The molecule has 0 fully saturated rings. The van der Waals surface area contributed by atoms with Gasteiger partial charge < -0.3 is 5.32 Å². The molecule has 100 valence electrons. The lowest BCUT2D eigenvalue weighted by atomic mass is 10.2. The Kier molecular flexibility index (Phi) is 4.04. The molecule has 0 aliphatic rings. The van der Waals surface area contributed by atoms with Crippen LogP contribution in [-0.4, -0.2) is 11.5 Å². The van der Waals surface area contributed by atoms with Gasteiger partial charge in [-0.3, -0.25) is 4.98 Å². The van der Waals surface area contributed by atoms with Crippen LogP contribution in [0.2, 0.25) is 0 Å². The van der Waals surface area contributed by atoms with Crippen molar-refractivity contribution in [2.24, 2.45) is 0 Å². The van der Waals surface area contributed by atoms with E-state index in [0.717, 1.165) is 24.2 Å². The van der Waals surface area contributed by atoms with Crippen LogP contribution in [-0.2, 0) is 12.6 Å². The summed E-state index contributed by atoms with van der Waals surface area (Å²) in [5.41, 5.74) is 0.980. The summed E-state index contributed by atoms with van der Waals surface area (Å²) in [6, 6.07) is 10.7. The van der Waals surface area contributed by atoms with Gasteiger partial charge in [-0.1, -0.05) is 6.07 Å². The van der Waals surface area contributed by atoms with Crippen LogP contribution in [0.5, 0.6) is 0 Å². The van der Waals surface area contributed by atoms with Gasteiger partial charge in [-0.05, 0) is 36.4 Å². The monoisotopic (exact) mass is 266 g/mol. The van der Waals surface area contributed by atoms with E-state index in [0.29, 0.717) is 12.2 Å². The second-order valence-electron chi connectivity index (χ2n) is 4.07. The fourth-order valence-electron chi connectivity index (χ4n) is 1.66. The van der Waals surface area contributed by atoms with Crippen LogP contribution >= 0.6 is 0 Å². The molecule has 0 spiro atoms. The van der Waals surface area contributed by atoms with Crippen molar-refractivity contribution in [3.05, 3.63) is 59.9 Å². The van der Waals surface area contributed by atoms with E-state index < -0.39 is 11.7 Å². The van der Waals surface area contributed by atoms with Gasteiger partial charge in [0.1, 0.15) is 0 Å². The molecular weight excluding hydrogens is 253 g/mol. The van der Waals surface area contributed by atoms with Crippen molar-refractivity contribution in [2.45, 2.75) is 12.6 Å². The second kappa shape index (κ2) is 5.73. The van der Waals surface area contributed by atoms with E-state index in [4.69, 9.17) is 0 Å². The van der Waals surface area contributed by atoms with E-state index in [-0.39, 0.29) is 0 Å². The van der Waals surface area contributed by atoms with Crippen LogP contribution in [0, 0.1) is 0 Å². The zero-order chi connectivity index (χ0) is 13.7. The molecule has 1 aromatic carbocycles. The lowest BCUT2D eigenvalue weighted by molar-refractivity contribution is -0.137. The lowest BCUT2D eigenvalue weighted by Crippen LogP contribution is -2.07. The largest absolute Gasteiger partial charge is 0.416 e. The molecule has 1 aromatic heterocycles. The first-order valence-corrected chi connectivity index (χ1v) is 5.87. The Hall–Kier alpha value is -2.04. The van der Waals surface area contributed by atoms with E-state index in [9.17, 15) is 13.2 Å². The topological polar surface area (TPSA) is 24.9 Å². The summed E-state index contributed by atoms with van der Waals surface area (Å²) >= 11 is 0. The van der Waals surface area contributed by atoms with Crippen molar-refractivity contribution in [2.75, 3.05) is 11.9 Å². The highest BCUT2D eigenvalue weighted by Crippen LogP contribution is 2.29. The van der Waals surface area contributed by atoms with Crippen molar-refractivity contribution in [1.82, 2.24) is 4.98 Å². The first kappa shape index (κ1) is 13.4. The van der Waals surface area contributed by atoms with Gasteiger partial charge >= 0.3 is 6.18 Å². The number of hydrogen-bond donors (Lipinski definition) is 1. The van der Waals surface area contributed by atoms with Crippen LogP contribution < -0.4 is 5.32 Å². The first-order chi connectivity index (χ1) is 9.05. The highest BCUT2D eigenvalue weighted by molar-refractivity contribution is 5.45. The molecule has 0 saturated heterocycles. The molecule has 0 unspecified atom stereocenters. The van der Waals surface area contributed by atoms with Crippen molar-refractivity contribution >= 4 is 5.69 Å². The molecule has 0 aliphatic carbocycles. The summed E-state index contributed by atoms with van der Waals surface area (Å²) in [4.78, 5) is 4.17.